The average molecular weight is 265 g/mol. The Kier molecular flexibility index (Phi) is 3.92. The van der Waals surface area contributed by atoms with Gasteiger partial charge in [0.1, 0.15) is 0 Å². The van der Waals surface area contributed by atoms with Gasteiger partial charge in [-0.2, -0.15) is 4.98 Å². The molecule has 5 heteroatoms. The fraction of sp³-hybridized carbons (Fsp3) is 0.786. The minimum absolute atomic E-state index is 0.0328. The zero-order chi connectivity index (χ0) is 14.0. The van der Waals surface area contributed by atoms with Crippen molar-refractivity contribution in [3.8, 4) is 0 Å². The number of aromatic nitrogens is 2. The van der Waals surface area contributed by atoms with Gasteiger partial charge in [-0.15, -0.1) is 0 Å². The molecule has 1 aromatic heterocycles. The fourth-order valence-corrected chi connectivity index (χ4v) is 2.45. The Bertz CT molecular complexity index is 448. The van der Waals surface area contributed by atoms with Gasteiger partial charge in [-0.1, -0.05) is 25.9 Å². The van der Waals surface area contributed by atoms with E-state index in [0.29, 0.717) is 24.7 Å². The molecular formula is C14H23N3O2. The highest BCUT2D eigenvalue weighted by Crippen LogP contribution is 2.28. The summed E-state index contributed by atoms with van der Waals surface area (Å²) in [7, 11) is 0. The molecule has 0 N–H and O–H groups in total. The van der Waals surface area contributed by atoms with Crippen LogP contribution in [0.25, 0.3) is 0 Å². The summed E-state index contributed by atoms with van der Waals surface area (Å²) in [5.74, 6) is 1.76. The molecular weight excluding hydrogens is 242 g/mol. The molecule has 19 heavy (non-hydrogen) atoms. The van der Waals surface area contributed by atoms with Crippen molar-refractivity contribution >= 4 is 5.91 Å². The van der Waals surface area contributed by atoms with Crippen LogP contribution >= 0.6 is 0 Å². The summed E-state index contributed by atoms with van der Waals surface area (Å²) >= 11 is 0. The molecule has 0 aliphatic carbocycles. The summed E-state index contributed by atoms with van der Waals surface area (Å²) in [5, 5.41) is 3.83. The highest BCUT2D eigenvalue weighted by molar-refractivity contribution is 5.77. The van der Waals surface area contributed by atoms with Crippen molar-refractivity contribution in [2.75, 3.05) is 13.1 Å². The molecule has 2 heterocycles. The predicted molar refractivity (Wildman–Crippen MR) is 71.7 cm³/mol. The number of hydrogen-bond acceptors (Lipinski definition) is 4. The number of carbonyl (C=O) groups excluding carboxylic acids is 1. The second kappa shape index (κ2) is 5.31. The van der Waals surface area contributed by atoms with Crippen LogP contribution in [-0.2, 0) is 4.79 Å². The first-order valence-corrected chi connectivity index (χ1v) is 6.93. The van der Waals surface area contributed by atoms with Gasteiger partial charge in [-0.3, -0.25) is 4.79 Å². The second-order valence-corrected chi connectivity index (χ2v) is 6.60. The van der Waals surface area contributed by atoms with Crippen LogP contribution < -0.4 is 0 Å². The number of aryl methyl sites for hydroxylation is 1. The number of carbonyl (C=O) groups is 1. The first-order valence-electron chi connectivity index (χ1n) is 6.93. The Balaban J connectivity index is 1.99. The molecule has 0 bridgehead atoms. The quantitative estimate of drug-likeness (QED) is 0.824. The predicted octanol–water partition coefficient (Wildman–Crippen LogP) is 2.52. The number of hydrogen-bond donors (Lipinski definition) is 0. The number of amides is 1. The first kappa shape index (κ1) is 14.0. The van der Waals surface area contributed by atoms with Crippen LogP contribution in [0.15, 0.2) is 4.52 Å². The van der Waals surface area contributed by atoms with E-state index in [2.05, 4.69) is 30.9 Å². The molecule has 2 rings (SSSR count). The Morgan fingerprint density at radius 3 is 2.79 bits per heavy atom. The van der Waals surface area contributed by atoms with Gasteiger partial charge in [0.15, 0.2) is 5.82 Å². The molecule has 1 fully saturated rings. The van der Waals surface area contributed by atoms with E-state index in [1.807, 2.05) is 11.8 Å². The standard InChI is InChI=1S/C14H23N3O2/c1-10-15-13(19-16-10)11-6-5-7-17(9-11)12(18)8-14(2,3)4/h11H,5-9H2,1-4H3. The smallest absolute Gasteiger partial charge is 0.231 e. The normalized spacial score (nSPS) is 20.6. The van der Waals surface area contributed by atoms with Gasteiger partial charge in [-0.05, 0) is 25.2 Å². The monoisotopic (exact) mass is 265 g/mol. The molecule has 1 amide bonds. The highest BCUT2D eigenvalue weighted by atomic mass is 16.5. The molecule has 1 atom stereocenters. The van der Waals surface area contributed by atoms with Crippen molar-refractivity contribution in [1.82, 2.24) is 15.0 Å². The highest BCUT2D eigenvalue weighted by Gasteiger charge is 2.29. The molecule has 0 aromatic carbocycles. The van der Waals surface area contributed by atoms with Crippen LogP contribution in [0.5, 0.6) is 0 Å². The van der Waals surface area contributed by atoms with Gasteiger partial charge in [0.2, 0.25) is 11.8 Å². The number of rotatable bonds is 2. The Labute approximate surface area is 114 Å². The van der Waals surface area contributed by atoms with Crippen molar-refractivity contribution in [3.63, 3.8) is 0 Å². The van der Waals surface area contributed by atoms with E-state index in [9.17, 15) is 4.79 Å². The third kappa shape index (κ3) is 3.78. The summed E-state index contributed by atoms with van der Waals surface area (Å²) in [6.07, 6.45) is 2.60. The van der Waals surface area contributed by atoms with Gasteiger partial charge in [0.25, 0.3) is 0 Å². The van der Waals surface area contributed by atoms with Gasteiger partial charge in [0.05, 0.1) is 5.92 Å². The lowest BCUT2D eigenvalue weighted by Gasteiger charge is -2.33. The van der Waals surface area contributed by atoms with Gasteiger partial charge in [0, 0.05) is 19.5 Å². The van der Waals surface area contributed by atoms with Crippen molar-refractivity contribution in [2.24, 2.45) is 5.41 Å². The summed E-state index contributed by atoms with van der Waals surface area (Å²) in [6.45, 7) is 9.64. The van der Waals surface area contributed by atoms with E-state index < -0.39 is 0 Å². The van der Waals surface area contributed by atoms with Crippen molar-refractivity contribution in [2.45, 2.75) is 52.9 Å². The van der Waals surface area contributed by atoms with Crippen LogP contribution in [0.4, 0.5) is 0 Å². The lowest BCUT2D eigenvalue weighted by atomic mass is 9.90. The van der Waals surface area contributed by atoms with Crippen molar-refractivity contribution in [1.29, 1.82) is 0 Å². The van der Waals surface area contributed by atoms with Gasteiger partial charge < -0.3 is 9.42 Å². The number of piperidine rings is 1. The molecule has 1 aliphatic heterocycles. The van der Waals surface area contributed by atoms with Gasteiger partial charge in [-0.25, -0.2) is 0 Å². The largest absolute Gasteiger partial charge is 0.342 e. The minimum Gasteiger partial charge on any atom is -0.342 e. The molecule has 1 aliphatic rings. The van der Waals surface area contributed by atoms with Crippen molar-refractivity contribution in [3.05, 3.63) is 11.7 Å². The van der Waals surface area contributed by atoms with E-state index in [-0.39, 0.29) is 17.2 Å². The maximum Gasteiger partial charge on any atom is 0.231 e. The van der Waals surface area contributed by atoms with E-state index >= 15 is 0 Å². The van der Waals surface area contributed by atoms with Crippen LogP contribution in [0.1, 0.15) is 57.7 Å². The third-order valence-electron chi connectivity index (χ3n) is 3.35. The maximum absolute atomic E-state index is 12.3. The van der Waals surface area contributed by atoms with Crippen LogP contribution in [0.3, 0.4) is 0 Å². The molecule has 1 aromatic rings. The first-order chi connectivity index (χ1) is 8.85. The van der Waals surface area contributed by atoms with Crippen LogP contribution in [0, 0.1) is 12.3 Å². The Morgan fingerprint density at radius 2 is 2.21 bits per heavy atom. The molecule has 106 valence electrons. The number of nitrogens with zero attached hydrogens (tertiary/aromatic N) is 3. The topological polar surface area (TPSA) is 59.2 Å². The third-order valence-corrected chi connectivity index (χ3v) is 3.35. The van der Waals surface area contributed by atoms with E-state index in [0.717, 1.165) is 19.4 Å². The molecule has 1 saturated heterocycles. The molecule has 1 unspecified atom stereocenters. The zero-order valence-electron chi connectivity index (χ0n) is 12.3. The van der Waals surface area contributed by atoms with Crippen molar-refractivity contribution < 1.29 is 9.32 Å². The summed E-state index contributed by atoms with van der Waals surface area (Å²) < 4.78 is 5.23. The maximum atomic E-state index is 12.3. The summed E-state index contributed by atoms with van der Waals surface area (Å²) in [5.41, 5.74) is 0.0328. The SMILES string of the molecule is Cc1noc(C2CCCN(C(=O)CC(C)(C)C)C2)n1. The van der Waals surface area contributed by atoms with E-state index in [1.54, 1.807) is 0 Å². The van der Waals surface area contributed by atoms with Crippen LogP contribution in [-0.4, -0.2) is 34.0 Å². The number of likely N-dealkylation sites (tertiary alicyclic amines) is 1. The lowest BCUT2D eigenvalue weighted by Crippen LogP contribution is -2.40. The van der Waals surface area contributed by atoms with E-state index in [4.69, 9.17) is 4.52 Å². The molecule has 0 saturated carbocycles. The van der Waals surface area contributed by atoms with Gasteiger partial charge >= 0.3 is 0 Å². The van der Waals surface area contributed by atoms with E-state index in [1.165, 1.54) is 0 Å². The fourth-order valence-electron chi connectivity index (χ4n) is 2.45. The Morgan fingerprint density at radius 1 is 1.47 bits per heavy atom. The summed E-state index contributed by atoms with van der Waals surface area (Å²) in [4.78, 5) is 18.5. The molecule has 5 nitrogen and oxygen atoms in total. The Hall–Kier alpha value is -1.39. The second-order valence-electron chi connectivity index (χ2n) is 6.60. The minimum atomic E-state index is 0.0328. The lowest BCUT2D eigenvalue weighted by molar-refractivity contribution is -0.134. The summed E-state index contributed by atoms with van der Waals surface area (Å²) in [6, 6.07) is 0. The zero-order valence-corrected chi connectivity index (χ0v) is 12.3. The average Bonchev–Trinajstić information content (AvgIpc) is 2.74. The molecule has 0 spiro atoms. The molecule has 0 radical (unpaired) electrons. The van der Waals surface area contributed by atoms with Crippen LogP contribution in [0.2, 0.25) is 0 Å².